The van der Waals surface area contributed by atoms with Gasteiger partial charge in [0.25, 0.3) is 0 Å². The summed E-state index contributed by atoms with van der Waals surface area (Å²) in [6.45, 7) is 7.26. The van der Waals surface area contributed by atoms with E-state index < -0.39 is 31.2 Å². The molecular formula is C21H29FN2O5. The second-order valence-corrected chi connectivity index (χ2v) is 7.88. The lowest BCUT2D eigenvalue weighted by atomic mass is 10.0. The average Bonchev–Trinajstić information content (AvgIpc) is 2.96. The summed E-state index contributed by atoms with van der Waals surface area (Å²) in [5, 5.41) is 33.8. The predicted molar refractivity (Wildman–Crippen MR) is 104 cm³/mol. The smallest absolute Gasteiger partial charge is 0.238 e. The molecule has 2 aromatic rings. The van der Waals surface area contributed by atoms with E-state index >= 15 is 0 Å². The largest absolute Gasteiger partial charge is 0.446 e. The highest BCUT2D eigenvalue weighted by Gasteiger charge is 2.38. The number of nitrogens with zero attached hydrogens (tertiary/aromatic N) is 2. The Hall–Kier alpha value is -2.00. The lowest BCUT2D eigenvalue weighted by Crippen LogP contribution is -2.51. The number of aliphatic hydroxyl groups is 3. The van der Waals surface area contributed by atoms with E-state index in [1.807, 2.05) is 33.8 Å². The summed E-state index contributed by atoms with van der Waals surface area (Å²) in [6, 6.07) is 5.17. The van der Waals surface area contributed by atoms with Crippen LogP contribution in [0.3, 0.4) is 0 Å². The van der Waals surface area contributed by atoms with Crippen LogP contribution in [0.15, 0.2) is 18.2 Å². The van der Waals surface area contributed by atoms with Crippen molar-refractivity contribution >= 4 is 0 Å². The van der Waals surface area contributed by atoms with Crippen molar-refractivity contribution in [2.24, 2.45) is 0 Å². The number of aryl methyl sites for hydroxylation is 1. The maximum Gasteiger partial charge on any atom is 0.238 e. The standard InChI is InChI=1S/C21H29FN2O5/c1-11(2)24-13(4)15(8-14-6-5-12(3)7-16(14)22)21(23-24)29-19-9-17(26)20(27)18(10-25)28-19/h5-7,11,17-20,25-27H,8-10H2,1-4H3/t17-,18-,19+,20+/m1/s1. The number of hydrogen-bond donors (Lipinski definition) is 3. The van der Waals surface area contributed by atoms with Gasteiger partial charge in [-0.15, -0.1) is 5.10 Å². The molecule has 0 radical (unpaired) electrons. The Bertz CT molecular complexity index is 854. The van der Waals surface area contributed by atoms with Crippen LogP contribution in [0, 0.1) is 19.7 Å². The maximum atomic E-state index is 14.4. The molecule has 2 heterocycles. The summed E-state index contributed by atoms with van der Waals surface area (Å²) in [5.74, 6) is 0.00177. The molecule has 0 amide bonds. The number of benzene rings is 1. The van der Waals surface area contributed by atoms with Gasteiger partial charge in [0.2, 0.25) is 12.2 Å². The van der Waals surface area contributed by atoms with Crippen LogP contribution in [0.1, 0.15) is 48.7 Å². The molecule has 7 nitrogen and oxygen atoms in total. The van der Waals surface area contributed by atoms with Crippen LogP contribution in [0.2, 0.25) is 0 Å². The lowest BCUT2D eigenvalue weighted by Gasteiger charge is -2.35. The van der Waals surface area contributed by atoms with Crippen molar-refractivity contribution in [3.63, 3.8) is 0 Å². The van der Waals surface area contributed by atoms with Crippen LogP contribution >= 0.6 is 0 Å². The molecule has 4 atom stereocenters. The van der Waals surface area contributed by atoms with E-state index in [2.05, 4.69) is 5.10 Å². The van der Waals surface area contributed by atoms with Crippen molar-refractivity contribution < 1.29 is 29.2 Å². The molecule has 0 spiro atoms. The fourth-order valence-corrected chi connectivity index (χ4v) is 3.58. The maximum absolute atomic E-state index is 14.4. The van der Waals surface area contributed by atoms with Gasteiger partial charge in [0, 0.05) is 30.1 Å². The summed E-state index contributed by atoms with van der Waals surface area (Å²) in [7, 11) is 0. The van der Waals surface area contributed by atoms with Gasteiger partial charge < -0.3 is 24.8 Å². The van der Waals surface area contributed by atoms with E-state index in [4.69, 9.17) is 9.47 Å². The molecule has 1 aromatic carbocycles. The highest BCUT2D eigenvalue weighted by atomic mass is 19.1. The normalized spacial score (nSPS) is 24.9. The third-order valence-electron chi connectivity index (χ3n) is 5.26. The fourth-order valence-electron chi connectivity index (χ4n) is 3.58. The molecule has 8 heteroatoms. The van der Waals surface area contributed by atoms with E-state index in [9.17, 15) is 19.7 Å². The van der Waals surface area contributed by atoms with E-state index in [1.165, 1.54) is 6.07 Å². The Morgan fingerprint density at radius 2 is 2.03 bits per heavy atom. The number of aromatic nitrogens is 2. The number of aliphatic hydroxyl groups excluding tert-OH is 3. The summed E-state index contributed by atoms with van der Waals surface area (Å²) < 4.78 is 27.7. The summed E-state index contributed by atoms with van der Waals surface area (Å²) in [6.07, 6.45) is -3.78. The molecule has 29 heavy (non-hydrogen) atoms. The molecule has 160 valence electrons. The Kier molecular flexibility index (Phi) is 6.58. The van der Waals surface area contributed by atoms with Crippen molar-refractivity contribution in [2.75, 3.05) is 6.61 Å². The zero-order valence-corrected chi connectivity index (χ0v) is 17.2. The van der Waals surface area contributed by atoms with Gasteiger partial charge in [0.15, 0.2) is 0 Å². The van der Waals surface area contributed by atoms with E-state index in [0.717, 1.165) is 16.8 Å². The molecule has 0 aliphatic carbocycles. The molecule has 1 saturated heterocycles. The molecule has 0 bridgehead atoms. The number of rotatable bonds is 6. The quantitative estimate of drug-likeness (QED) is 0.677. The first kappa shape index (κ1) is 21.7. The topological polar surface area (TPSA) is 97.0 Å². The van der Waals surface area contributed by atoms with Crippen LogP contribution in [-0.2, 0) is 11.2 Å². The molecule has 1 aliphatic heterocycles. The second-order valence-electron chi connectivity index (χ2n) is 7.88. The first-order valence-electron chi connectivity index (χ1n) is 9.83. The fraction of sp³-hybridized carbons (Fsp3) is 0.571. The second kappa shape index (κ2) is 8.79. The van der Waals surface area contributed by atoms with Crippen LogP contribution in [-0.4, -0.2) is 56.3 Å². The SMILES string of the molecule is Cc1ccc(Cc2c(O[C@H]3C[C@@H](O)[C@H](O)[C@@H](CO)O3)nn(C(C)C)c2C)c(F)c1. The van der Waals surface area contributed by atoms with Crippen molar-refractivity contribution in [1.29, 1.82) is 0 Å². The number of halogens is 1. The summed E-state index contributed by atoms with van der Waals surface area (Å²) in [5.41, 5.74) is 2.95. The van der Waals surface area contributed by atoms with E-state index in [-0.39, 0.29) is 18.3 Å². The molecule has 0 unspecified atom stereocenters. The first-order valence-corrected chi connectivity index (χ1v) is 9.83. The minimum Gasteiger partial charge on any atom is -0.446 e. The molecule has 1 aromatic heterocycles. The van der Waals surface area contributed by atoms with Crippen LogP contribution in [0.5, 0.6) is 5.88 Å². The predicted octanol–water partition coefficient (Wildman–Crippen LogP) is 2.02. The molecule has 3 rings (SSSR count). The number of hydrogen-bond acceptors (Lipinski definition) is 6. The Morgan fingerprint density at radius 1 is 1.31 bits per heavy atom. The van der Waals surface area contributed by atoms with E-state index in [1.54, 1.807) is 10.7 Å². The van der Waals surface area contributed by atoms with Crippen LogP contribution < -0.4 is 4.74 Å². The van der Waals surface area contributed by atoms with Crippen molar-refractivity contribution in [1.82, 2.24) is 9.78 Å². The Balaban J connectivity index is 1.90. The summed E-state index contributed by atoms with van der Waals surface area (Å²) >= 11 is 0. The van der Waals surface area contributed by atoms with Crippen LogP contribution in [0.4, 0.5) is 4.39 Å². The minimum atomic E-state index is -1.18. The number of ether oxygens (including phenoxy) is 2. The van der Waals surface area contributed by atoms with Gasteiger partial charge in [-0.2, -0.15) is 0 Å². The summed E-state index contributed by atoms with van der Waals surface area (Å²) in [4.78, 5) is 0. The van der Waals surface area contributed by atoms with Gasteiger partial charge in [0.1, 0.15) is 18.0 Å². The van der Waals surface area contributed by atoms with Gasteiger partial charge in [-0.1, -0.05) is 12.1 Å². The van der Waals surface area contributed by atoms with Crippen molar-refractivity contribution in [2.45, 2.75) is 71.2 Å². The highest BCUT2D eigenvalue weighted by molar-refractivity contribution is 5.38. The van der Waals surface area contributed by atoms with Crippen molar-refractivity contribution in [3.8, 4) is 5.88 Å². The van der Waals surface area contributed by atoms with Crippen molar-refractivity contribution in [3.05, 3.63) is 46.4 Å². The molecular weight excluding hydrogens is 379 g/mol. The average molecular weight is 408 g/mol. The third kappa shape index (κ3) is 4.61. The molecule has 0 saturated carbocycles. The zero-order chi connectivity index (χ0) is 21.3. The molecule has 1 aliphatic rings. The lowest BCUT2D eigenvalue weighted by molar-refractivity contribution is -0.230. The van der Waals surface area contributed by atoms with Gasteiger partial charge >= 0.3 is 0 Å². The Morgan fingerprint density at radius 3 is 2.66 bits per heavy atom. The zero-order valence-electron chi connectivity index (χ0n) is 17.2. The monoisotopic (exact) mass is 408 g/mol. The van der Waals surface area contributed by atoms with Crippen LogP contribution in [0.25, 0.3) is 0 Å². The van der Waals surface area contributed by atoms with Gasteiger partial charge in [0.05, 0.1) is 12.7 Å². The third-order valence-corrected chi connectivity index (χ3v) is 5.26. The Labute approximate surface area is 169 Å². The van der Waals surface area contributed by atoms with E-state index in [0.29, 0.717) is 17.9 Å². The highest BCUT2D eigenvalue weighted by Crippen LogP contribution is 2.31. The molecule has 3 N–H and O–H groups in total. The van der Waals surface area contributed by atoms with Gasteiger partial charge in [-0.3, -0.25) is 4.68 Å². The van der Waals surface area contributed by atoms with Gasteiger partial charge in [-0.05, 0) is 44.9 Å². The van der Waals surface area contributed by atoms with Gasteiger partial charge in [-0.25, -0.2) is 4.39 Å². The molecule has 1 fully saturated rings. The minimum absolute atomic E-state index is 0.0313. The first-order chi connectivity index (χ1) is 13.7.